The quantitative estimate of drug-likeness (QED) is 0.369. The van der Waals surface area contributed by atoms with Crippen molar-refractivity contribution >= 4 is 11.8 Å². The number of aryl methyl sites for hydroxylation is 1. The van der Waals surface area contributed by atoms with Crippen LogP contribution in [0, 0.1) is 6.92 Å². The Hall–Kier alpha value is -2.86. The number of hydrogen-bond donors (Lipinski definition) is 0. The molecule has 0 aliphatic carbocycles. The maximum Gasteiger partial charge on any atom is 0.253 e. The molecule has 4 rings (SSSR count). The second kappa shape index (κ2) is 8.02. The van der Waals surface area contributed by atoms with Crippen LogP contribution in [0.1, 0.15) is 37.0 Å². The summed E-state index contributed by atoms with van der Waals surface area (Å²) in [6, 6.07) is 18.4. The Labute approximate surface area is 168 Å². The molecule has 0 saturated heterocycles. The van der Waals surface area contributed by atoms with Crippen molar-refractivity contribution in [3.05, 3.63) is 71.8 Å². The highest BCUT2D eigenvalue weighted by atomic mass is 32.2. The van der Waals surface area contributed by atoms with Crippen molar-refractivity contribution in [1.82, 2.24) is 15.4 Å². The monoisotopic (exact) mass is 391 g/mol. The summed E-state index contributed by atoms with van der Waals surface area (Å²) in [5.74, 6) is 2.81. The molecule has 2 aromatic carbocycles. The molecule has 6 heteroatoms. The molecule has 4 aromatic rings. The Kier molecular flexibility index (Phi) is 5.30. The average molecular weight is 391 g/mol. The van der Waals surface area contributed by atoms with Gasteiger partial charge in [-0.3, -0.25) is 0 Å². The van der Waals surface area contributed by atoms with Gasteiger partial charge in [0.25, 0.3) is 5.89 Å². The minimum atomic E-state index is 0.434. The first-order valence-corrected chi connectivity index (χ1v) is 10.2. The second-order valence-electron chi connectivity index (χ2n) is 6.84. The van der Waals surface area contributed by atoms with Crippen molar-refractivity contribution in [2.45, 2.75) is 37.3 Å². The van der Waals surface area contributed by atoms with E-state index in [1.165, 1.54) is 10.5 Å². The highest BCUT2D eigenvalue weighted by Crippen LogP contribution is 2.34. The molecule has 0 spiro atoms. The Bertz CT molecular complexity index is 1050. The molecule has 2 heterocycles. The summed E-state index contributed by atoms with van der Waals surface area (Å²) < 4.78 is 11.3. The molecule has 5 nitrogen and oxygen atoms in total. The fraction of sp³-hybridized carbons (Fsp3) is 0.227. The molecule has 142 valence electrons. The van der Waals surface area contributed by atoms with Crippen LogP contribution in [0.4, 0.5) is 0 Å². The third kappa shape index (κ3) is 3.87. The van der Waals surface area contributed by atoms with Crippen molar-refractivity contribution in [1.29, 1.82) is 0 Å². The van der Waals surface area contributed by atoms with E-state index in [-0.39, 0.29) is 0 Å². The molecule has 0 bridgehead atoms. The number of benzene rings is 2. The average Bonchev–Trinajstić information content (AvgIpc) is 3.33. The molecular weight excluding hydrogens is 370 g/mol. The second-order valence-corrected chi connectivity index (χ2v) is 7.89. The van der Waals surface area contributed by atoms with Crippen LogP contribution in [0.3, 0.4) is 0 Å². The van der Waals surface area contributed by atoms with Gasteiger partial charge in [0.2, 0.25) is 5.89 Å². The summed E-state index contributed by atoms with van der Waals surface area (Å²) in [4.78, 5) is 1.18. The van der Waals surface area contributed by atoms with Gasteiger partial charge in [0.15, 0.2) is 0 Å². The first-order valence-electron chi connectivity index (χ1n) is 9.19. The maximum atomic E-state index is 5.91. The van der Waals surface area contributed by atoms with E-state index in [2.05, 4.69) is 53.5 Å². The minimum absolute atomic E-state index is 0.434. The lowest BCUT2D eigenvalue weighted by atomic mass is 10.0. The topological polar surface area (TPSA) is 65.0 Å². The maximum absolute atomic E-state index is 5.91. The van der Waals surface area contributed by atoms with Gasteiger partial charge in [0, 0.05) is 10.5 Å². The van der Waals surface area contributed by atoms with E-state index >= 15 is 0 Å². The van der Waals surface area contributed by atoms with Gasteiger partial charge >= 0.3 is 0 Å². The zero-order valence-corrected chi connectivity index (χ0v) is 16.9. The van der Waals surface area contributed by atoms with E-state index in [1.807, 2.05) is 37.3 Å². The summed E-state index contributed by atoms with van der Waals surface area (Å²) in [5, 5.41) is 12.6. The fourth-order valence-corrected chi connectivity index (χ4v) is 3.66. The number of hydrogen-bond acceptors (Lipinski definition) is 6. The summed E-state index contributed by atoms with van der Waals surface area (Å²) in [7, 11) is 0. The molecule has 0 N–H and O–H groups in total. The highest BCUT2D eigenvalue weighted by Gasteiger charge is 2.21. The van der Waals surface area contributed by atoms with Crippen molar-refractivity contribution < 1.29 is 8.94 Å². The van der Waals surface area contributed by atoms with Gasteiger partial charge < -0.3 is 8.94 Å². The van der Waals surface area contributed by atoms with Gasteiger partial charge in [0.1, 0.15) is 17.0 Å². The minimum Gasteiger partial charge on any atom is -0.420 e. The molecule has 0 radical (unpaired) electrons. The zero-order chi connectivity index (χ0) is 19.5. The Morgan fingerprint density at radius 2 is 1.71 bits per heavy atom. The van der Waals surface area contributed by atoms with Crippen LogP contribution in [0.5, 0.6) is 0 Å². The van der Waals surface area contributed by atoms with Gasteiger partial charge in [-0.1, -0.05) is 61.5 Å². The predicted octanol–water partition coefficient (Wildman–Crippen LogP) is 6.12. The molecular formula is C22H21N3O2S. The number of nitrogens with zero attached hydrogens (tertiary/aromatic N) is 3. The molecule has 0 aliphatic heterocycles. The van der Waals surface area contributed by atoms with E-state index in [9.17, 15) is 0 Å². The smallest absolute Gasteiger partial charge is 0.253 e. The Morgan fingerprint density at radius 3 is 2.43 bits per heavy atom. The Morgan fingerprint density at radius 1 is 0.964 bits per heavy atom. The van der Waals surface area contributed by atoms with E-state index in [1.54, 1.807) is 11.8 Å². The van der Waals surface area contributed by atoms with Gasteiger partial charge in [0.05, 0.1) is 5.75 Å². The predicted molar refractivity (Wildman–Crippen MR) is 110 cm³/mol. The summed E-state index contributed by atoms with van der Waals surface area (Å²) in [5.41, 5.74) is 3.75. The molecule has 0 atom stereocenters. The van der Waals surface area contributed by atoms with Gasteiger partial charge in [-0.2, -0.15) is 0 Å². The molecule has 0 amide bonds. The van der Waals surface area contributed by atoms with Crippen LogP contribution < -0.4 is 0 Å². The molecule has 2 aromatic heterocycles. The number of rotatable bonds is 6. The van der Waals surface area contributed by atoms with Crippen molar-refractivity contribution in [3.8, 4) is 22.7 Å². The van der Waals surface area contributed by atoms with Gasteiger partial charge in [-0.25, -0.2) is 0 Å². The number of thioether (sulfide) groups is 1. The van der Waals surface area contributed by atoms with Crippen molar-refractivity contribution in [2.24, 2.45) is 0 Å². The first kappa shape index (κ1) is 18.5. The third-order valence-electron chi connectivity index (χ3n) is 4.50. The fourth-order valence-electron chi connectivity index (χ4n) is 2.92. The van der Waals surface area contributed by atoms with Crippen molar-refractivity contribution in [3.63, 3.8) is 0 Å². The third-order valence-corrected chi connectivity index (χ3v) is 5.50. The summed E-state index contributed by atoms with van der Waals surface area (Å²) in [6.45, 7) is 6.24. The van der Waals surface area contributed by atoms with E-state index in [4.69, 9.17) is 8.94 Å². The lowest BCUT2D eigenvalue weighted by molar-refractivity contribution is 0.399. The van der Waals surface area contributed by atoms with Gasteiger partial charge in [-0.15, -0.1) is 22.0 Å². The molecule has 0 saturated carbocycles. The van der Waals surface area contributed by atoms with E-state index in [0.29, 0.717) is 34.9 Å². The molecule has 0 aliphatic rings. The molecule has 0 unspecified atom stereocenters. The van der Waals surface area contributed by atoms with E-state index in [0.717, 1.165) is 11.1 Å². The first-order chi connectivity index (χ1) is 13.6. The normalized spacial score (nSPS) is 11.3. The standard InChI is InChI=1S/C22H21N3O2S/c1-14(2)16-9-11-18(12-10-16)28-13-19-23-24-22(26-19)20-15(3)27-25-21(20)17-7-5-4-6-8-17/h4-12,14H,13H2,1-3H3. The van der Waals surface area contributed by atoms with Crippen molar-refractivity contribution in [2.75, 3.05) is 0 Å². The lowest BCUT2D eigenvalue weighted by Crippen LogP contribution is -1.86. The zero-order valence-electron chi connectivity index (χ0n) is 16.0. The van der Waals surface area contributed by atoms with Crippen LogP contribution >= 0.6 is 11.8 Å². The van der Waals surface area contributed by atoms with Crippen LogP contribution in [0.15, 0.2) is 68.4 Å². The van der Waals surface area contributed by atoms with Crippen LogP contribution in [0.2, 0.25) is 0 Å². The number of aromatic nitrogens is 3. The van der Waals surface area contributed by atoms with E-state index < -0.39 is 0 Å². The Balaban J connectivity index is 1.52. The largest absolute Gasteiger partial charge is 0.420 e. The van der Waals surface area contributed by atoms with Crippen LogP contribution in [0.25, 0.3) is 22.7 Å². The SMILES string of the molecule is Cc1onc(-c2ccccc2)c1-c1nnc(CSc2ccc(C(C)C)cc2)o1. The lowest BCUT2D eigenvalue weighted by Gasteiger charge is -2.05. The summed E-state index contributed by atoms with van der Waals surface area (Å²) >= 11 is 1.67. The van der Waals surface area contributed by atoms with Crippen LogP contribution in [-0.4, -0.2) is 15.4 Å². The summed E-state index contributed by atoms with van der Waals surface area (Å²) in [6.07, 6.45) is 0. The van der Waals surface area contributed by atoms with Gasteiger partial charge in [-0.05, 0) is 30.5 Å². The molecule has 0 fully saturated rings. The highest BCUT2D eigenvalue weighted by molar-refractivity contribution is 7.98. The van der Waals surface area contributed by atoms with Crippen LogP contribution in [-0.2, 0) is 5.75 Å². The molecule has 28 heavy (non-hydrogen) atoms.